The molecule has 0 aliphatic rings. The quantitative estimate of drug-likeness (QED) is 0.269. The Labute approximate surface area is 42.7 Å². The van der Waals surface area contributed by atoms with Crippen molar-refractivity contribution in [3.63, 3.8) is 0 Å². The smallest absolute Gasteiger partial charge is 0.187 e. The van der Waals surface area contributed by atoms with Crippen LogP contribution in [0.5, 0.6) is 0 Å². The largest absolute Gasteiger partial charge is 0.316 e. The number of rotatable bonds is 0. The van der Waals surface area contributed by atoms with Crippen molar-refractivity contribution in [3.05, 3.63) is 0 Å². The normalized spacial score (nSPS) is 7.20. The van der Waals surface area contributed by atoms with E-state index in [0.29, 0.717) is 0 Å². The summed E-state index contributed by atoms with van der Waals surface area (Å²) in [4.78, 5) is 0. The summed E-state index contributed by atoms with van der Waals surface area (Å²) in [6.07, 6.45) is -0.167. The van der Waals surface area contributed by atoms with Gasteiger partial charge in [-0.2, -0.15) is 0 Å². The van der Waals surface area contributed by atoms with E-state index < -0.39 is 0 Å². The highest BCUT2D eigenvalue weighted by atomic mass is 27.0. The SMILES string of the molecule is CC(N)N.[AlH3]. The lowest BCUT2D eigenvalue weighted by molar-refractivity contribution is 0.790. The van der Waals surface area contributed by atoms with Crippen LogP contribution >= 0.6 is 0 Å². The van der Waals surface area contributed by atoms with Crippen LogP contribution in [0.2, 0.25) is 0 Å². The summed E-state index contributed by atoms with van der Waals surface area (Å²) in [5, 5.41) is 0. The molecule has 0 radical (unpaired) electrons. The first-order chi connectivity index (χ1) is 1.73. The van der Waals surface area contributed by atoms with Crippen LogP contribution in [0.1, 0.15) is 6.92 Å². The minimum absolute atomic E-state index is 0. The zero-order valence-corrected chi connectivity index (χ0v) is 2.73. The lowest BCUT2D eigenvalue weighted by Gasteiger charge is -1.83. The molecule has 0 bridgehead atoms. The molecule has 5 heavy (non-hydrogen) atoms. The fourth-order valence-electron chi connectivity index (χ4n) is 0. The van der Waals surface area contributed by atoms with E-state index >= 15 is 0 Å². The van der Waals surface area contributed by atoms with Gasteiger partial charge in [0.1, 0.15) is 0 Å². The van der Waals surface area contributed by atoms with E-state index in [0.717, 1.165) is 0 Å². The molecule has 32 valence electrons. The molecule has 3 heteroatoms. The van der Waals surface area contributed by atoms with Gasteiger partial charge in [-0.15, -0.1) is 0 Å². The standard InChI is InChI=1S/C2H8N2.Al.3H/c1-2(3)4;;;;/h2H,3-4H2,1H3;;;;. The third-order valence-electron chi connectivity index (χ3n) is 0. The van der Waals surface area contributed by atoms with Gasteiger partial charge in [-0.05, 0) is 6.92 Å². The topological polar surface area (TPSA) is 52.0 Å². The summed E-state index contributed by atoms with van der Waals surface area (Å²) in [5.41, 5.74) is 9.78. The van der Waals surface area contributed by atoms with E-state index in [1.165, 1.54) is 0 Å². The molecule has 0 aromatic carbocycles. The molecule has 0 amide bonds. The van der Waals surface area contributed by atoms with E-state index in [1.54, 1.807) is 6.92 Å². The minimum atomic E-state index is -0.167. The molecule has 0 aromatic heterocycles. The molecule has 4 N–H and O–H groups in total. The fraction of sp³-hybridized carbons (Fsp3) is 1.00. The lowest BCUT2D eigenvalue weighted by Crippen LogP contribution is -2.25. The van der Waals surface area contributed by atoms with Crippen molar-refractivity contribution in [2.75, 3.05) is 0 Å². The molecule has 0 aliphatic heterocycles. The van der Waals surface area contributed by atoms with Crippen molar-refractivity contribution in [1.82, 2.24) is 0 Å². The highest BCUT2D eigenvalue weighted by molar-refractivity contribution is 5.75. The van der Waals surface area contributed by atoms with Crippen molar-refractivity contribution in [2.45, 2.75) is 13.1 Å². The molecule has 0 saturated carbocycles. The summed E-state index contributed by atoms with van der Waals surface area (Å²) in [7, 11) is 0. The van der Waals surface area contributed by atoms with Crippen LogP contribution in [0.4, 0.5) is 0 Å². The van der Waals surface area contributed by atoms with Crippen LogP contribution in [0.25, 0.3) is 0 Å². The summed E-state index contributed by atoms with van der Waals surface area (Å²) in [5.74, 6) is 0. The molecule has 0 fully saturated rings. The second-order valence-corrected chi connectivity index (χ2v) is 0.859. The highest BCUT2D eigenvalue weighted by Gasteiger charge is 1.66. The van der Waals surface area contributed by atoms with Gasteiger partial charge in [0.2, 0.25) is 0 Å². The molecule has 0 aromatic rings. The minimum Gasteiger partial charge on any atom is -0.316 e. The van der Waals surface area contributed by atoms with Gasteiger partial charge in [-0.1, -0.05) is 0 Å². The third-order valence-corrected chi connectivity index (χ3v) is 0. The van der Waals surface area contributed by atoms with Crippen LogP contribution in [0.15, 0.2) is 0 Å². The predicted octanol–water partition coefficient (Wildman–Crippen LogP) is -1.93. The van der Waals surface area contributed by atoms with E-state index in [-0.39, 0.29) is 23.5 Å². The van der Waals surface area contributed by atoms with Crippen LogP contribution in [-0.4, -0.2) is 23.5 Å². The van der Waals surface area contributed by atoms with Crippen molar-refractivity contribution < 1.29 is 0 Å². The Hall–Kier alpha value is 0.452. The maximum absolute atomic E-state index is 4.89. The van der Waals surface area contributed by atoms with Gasteiger partial charge in [0, 0.05) is 6.17 Å². The van der Waals surface area contributed by atoms with E-state index in [1.807, 2.05) is 0 Å². The fourth-order valence-corrected chi connectivity index (χ4v) is 0. The molecular weight excluding hydrogens is 79.0 g/mol. The number of nitrogens with two attached hydrogens (primary N) is 2. The van der Waals surface area contributed by atoms with Crippen LogP contribution < -0.4 is 11.5 Å². The second kappa shape index (κ2) is 4.45. The van der Waals surface area contributed by atoms with Crippen molar-refractivity contribution in [2.24, 2.45) is 11.5 Å². The van der Waals surface area contributed by atoms with Crippen molar-refractivity contribution in [1.29, 1.82) is 0 Å². The van der Waals surface area contributed by atoms with Crippen LogP contribution in [0, 0.1) is 0 Å². The van der Waals surface area contributed by atoms with Crippen LogP contribution in [-0.2, 0) is 0 Å². The zero-order valence-electron chi connectivity index (χ0n) is 2.73. The molecular formula is C2H11AlN2. The molecule has 0 atom stereocenters. The maximum Gasteiger partial charge on any atom is 0.187 e. The maximum atomic E-state index is 4.89. The summed E-state index contributed by atoms with van der Waals surface area (Å²) in [6, 6.07) is 0. The van der Waals surface area contributed by atoms with Gasteiger partial charge in [0.05, 0.1) is 0 Å². The predicted molar refractivity (Wildman–Crippen MR) is 27.8 cm³/mol. The van der Waals surface area contributed by atoms with Gasteiger partial charge in [-0.3, -0.25) is 0 Å². The summed E-state index contributed by atoms with van der Waals surface area (Å²) < 4.78 is 0. The molecule has 0 spiro atoms. The monoisotopic (exact) mass is 90.1 g/mol. The first-order valence-corrected chi connectivity index (χ1v) is 1.24. The van der Waals surface area contributed by atoms with Crippen LogP contribution in [0.3, 0.4) is 0 Å². The zero-order chi connectivity index (χ0) is 3.58. The van der Waals surface area contributed by atoms with Crippen molar-refractivity contribution in [3.8, 4) is 0 Å². The molecule has 0 saturated heterocycles. The molecule has 0 unspecified atom stereocenters. The van der Waals surface area contributed by atoms with Gasteiger partial charge >= 0.3 is 0 Å². The Morgan fingerprint density at radius 1 is 1.40 bits per heavy atom. The Balaban J connectivity index is 0. The molecule has 0 rings (SSSR count). The van der Waals surface area contributed by atoms with Crippen molar-refractivity contribution >= 4 is 17.4 Å². The van der Waals surface area contributed by atoms with Gasteiger partial charge in [-0.25, -0.2) is 0 Å². The second-order valence-electron chi connectivity index (χ2n) is 0.859. The first kappa shape index (κ1) is 9.07. The van der Waals surface area contributed by atoms with E-state index in [9.17, 15) is 0 Å². The molecule has 0 aliphatic carbocycles. The number of hydrogen-bond donors (Lipinski definition) is 2. The average Bonchev–Trinajstić information content (AvgIpc) is 0.811. The van der Waals surface area contributed by atoms with E-state index in [2.05, 4.69) is 0 Å². The lowest BCUT2D eigenvalue weighted by atomic mass is 10.7. The Morgan fingerprint density at radius 3 is 1.40 bits per heavy atom. The highest BCUT2D eigenvalue weighted by Crippen LogP contribution is 1.41. The van der Waals surface area contributed by atoms with E-state index in [4.69, 9.17) is 11.5 Å². The van der Waals surface area contributed by atoms with Gasteiger partial charge < -0.3 is 11.5 Å². The summed E-state index contributed by atoms with van der Waals surface area (Å²) >= 11 is 0. The molecule has 0 heterocycles. The van der Waals surface area contributed by atoms with Gasteiger partial charge in [0.15, 0.2) is 17.4 Å². The van der Waals surface area contributed by atoms with Gasteiger partial charge in [0.25, 0.3) is 0 Å². The molecule has 2 nitrogen and oxygen atoms in total. The number of hydrogen-bond acceptors (Lipinski definition) is 2. The first-order valence-electron chi connectivity index (χ1n) is 1.24. The Kier molecular flexibility index (Phi) is 8.08. The summed E-state index contributed by atoms with van der Waals surface area (Å²) in [6.45, 7) is 1.72. The Bertz CT molecular complexity index is 12.4. The Morgan fingerprint density at radius 2 is 1.40 bits per heavy atom. The third kappa shape index (κ3) is 131. The average molecular weight is 90.1 g/mol.